The van der Waals surface area contributed by atoms with Gasteiger partial charge < -0.3 is 28.4 Å². The van der Waals surface area contributed by atoms with E-state index in [2.05, 4.69) is 64.3 Å². The van der Waals surface area contributed by atoms with E-state index < -0.39 is 5.91 Å². The van der Waals surface area contributed by atoms with Gasteiger partial charge in [-0.15, -0.1) is 0 Å². The zero-order valence-electron chi connectivity index (χ0n) is 33.7. The van der Waals surface area contributed by atoms with Crippen LogP contribution >= 0.6 is 0 Å². The summed E-state index contributed by atoms with van der Waals surface area (Å²) in [4.78, 5) is 12.3. The molecular formula is C45H66N2O7. The van der Waals surface area contributed by atoms with Gasteiger partial charge in [0.25, 0.3) is 5.91 Å². The number of amides is 1. The monoisotopic (exact) mass is 746 g/mol. The quantitative estimate of drug-likeness (QED) is 0.0194. The van der Waals surface area contributed by atoms with E-state index in [0.29, 0.717) is 50.3 Å². The Morgan fingerprint density at radius 1 is 0.407 bits per heavy atom. The number of ether oxygens (including phenoxy) is 6. The molecule has 0 saturated heterocycles. The molecule has 0 spiro atoms. The van der Waals surface area contributed by atoms with Gasteiger partial charge in [-0.2, -0.15) is 0 Å². The van der Waals surface area contributed by atoms with Gasteiger partial charge in [-0.3, -0.25) is 10.2 Å². The fourth-order valence-electron chi connectivity index (χ4n) is 6.55. The van der Waals surface area contributed by atoms with E-state index >= 15 is 0 Å². The minimum Gasteiger partial charge on any atom is -0.490 e. The molecule has 0 aliphatic rings. The van der Waals surface area contributed by atoms with E-state index in [-0.39, 0.29) is 6.61 Å². The van der Waals surface area contributed by atoms with Crippen molar-refractivity contribution in [3.8, 4) is 34.5 Å². The minimum atomic E-state index is -0.431. The molecule has 4 aromatic carbocycles. The second-order valence-corrected chi connectivity index (χ2v) is 14.2. The Morgan fingerprint density at radius 2 is 0.630 bits per heavy atom. The van der Waals surface area contributed by atoms with Crippen LogP contribution in [0.5, 0.6) is 34.5 Å². The van der Waals surface area contributed by atoms with Crippen LogP contribution in [0.25, 0.3) is 32.3 Å². The van der Waals surface area contributed by atoms with Crippen molar-refractivity contribution in [2.75, 3.05) is 39.6 Å². The molecule has 0 aliphatic heterocycles. The topological polar surface area (TPSA) is 110 Å². The minimum absolute atomic E-state index is 0.241. The van der Waals surface area contributed by atoms with Gasteiger partial charge in [-0.05, 0) is 101 Å². The molecule has 0 unspecified atom stereocenters. The SMILES string of the molecule is CCCCCOc1cc2c3cc(OCCCCC)c(OCCCCC)cc3c3cc(OCC(=O)NN)c(OCCCCC)cc3c2cc1OCCCCC. The van der Waals surface area contributed by atoms with Gasteiger partial charge in [0.2, 0.25) is 0 Å². The Hall–Kier alpha value is -4.11. The molecule has 0 aromatic heterocycles. The van der Waals surface area contributed by atoms with Crippen LogP contribution in [0, 0.1) is 0 Å². The lowest BCUT2D eigenvalue weighted by molar-refractivity contribution is -0.123. The van der Waals surface area contributed by atoms with Crippen LogP contribution in [0.1, 0.15) is 131 Å². The number of hydrogen-bond donors (Lipinski definition) is 2. The lowest BCUT2D eigenvalue weighted by Crippen LogP contribution is -2.34. The molecule has 9 heteroatoms. The van der Waals surface area contributed by atoms with E-state index in [1.165, 1.54) is 0 Å². The summed E-state index contributed by atoms with van der Waals surface area (Å²) < 4.78 is 38.4. The summed E-state index contributed by atoms with van der Waals surface area (Å²) >= 11 is 0. The van der Waals surface area contributed by atoms with Gasteiger partial charge in [-0.25, -0.2) is 5.84 Å². The zero-order valence-corrected chi connectivity index (χ0v) is 33.7. The Balaban J connectivity index is 2.02. The lowest BCUT2D eigenvalue weighted by Gasteiger charge is -2.20. The Morgan fingerprint density at radius 3 is 0.833 bits per heavy atom. The molecule has 1 amide bonds. The van der Waals surface area contributed by atoms with Gasteiger partial charge in [-0.1, -0.05) is 98.8 Å². The molecule has 4 aromatic rings. The molecular weight excluding hydrogens is 681 g/mol. The smallest absolute Gasteiger partial charge is 0.271 e. The molecule has 0 atom stereocenters. The van der Waals surface area contributed by atoms with Gasteiger partial charge >= 0.3 is 0 Å². The van der Waals surface area contributed by atoms with E-state index in [4.69, 9.17) is 34.3 Å². The third-order valence-corrected chi connectivity index (χ3v) is 9.67. The standard InChI is InChI=1S/C45H66N2O7/c1-6-11-16-21-49-39-26-33-34-27-40(50-22-17-12-7-2)42(52-24-19-14-9-4)29-36(34)38-31-44(54-32-45(48)47-46)43(53-25-20-15-10-5)30-37(38)35(33)28-41(39)51-23-18-13-8-3/h26-31H,6-25,32,46H2,1-5H3,(H,47,48). The molecule has 0 radical (unpaired) electrons. The van der Waals surface area contributed by atoms with E-state index in [1.54, 1.807) is 0 Å². The van der Waals surface area contributed by atoms with E-state index in [1.807, 2.05) is 12.1 Å². The Labute approximate surface area is 323 Å². The Kier molecular flexibility index (Phi) is 18.7. The Bertz CT molecular complexity index is 1690. The molecule has 9 nitrogen and oxygen atoms in total. The number of rotatable bonds is 28. The van der Waals surface area contributed by atoms with Crippen molar-refractivity contribution in [2.24, 2.45) is 5.84 Å². The normalized spacial score (nSPS) is 11.3. The number of hydrazine groups is 1. The van der Waals surface area contributed by atoms with Crippen LogP contribution < -0.4 is 39.7 Å². The van der Waals surface area contributed by atoms with Crippen LogP contribution in [0.15, 0.2) is 36.4 Å². The summed E-state index contributed by atoms with van der Waals surface area (Å²) in [6.45, 7) is 13.7. The zero-order chi connectivity index (χ0) is 38.5. The van der Waals surface area contributed by atoms with Crippen molar-refractivity contribution in [3.05, 3.63) is 36.4 Å². The average Bonchev–Trinajstić information content (AvgIpc) is 3.19. The molecule has 54 heavy (non-hydrogen) atoms. The first kappa shape index (κ1) is 42.6. The number of benzene rings is 4. The highest BCUT2D eigenvalue weighted by atomic mass is 16.5. The average molecular weight is 747 g/mol. The molecule has 0 aliphatic carbocycles. The molecule has 0 saturated carbocycles. The summed E-state index contributed by atoms with van der Waals surface area (Å²) in [5.41, 5.74) is 2.17. The van der Waals surface area contributed by atoms with Crippen molar-refractivity contribution in [1.29, 1.82) is 0 Å². The molecule has 4 rings (SSSR count). The maximum atomic E-state index is 12.3. The number of nitrogens with one attached hydrogen (secondary N) is 1. The van der Waals surface area contributed by atoms with Gasteiger partial charge in [0, 0.05) is 0 Å². The van der Waals surface area contributed by atoms with Crippen LogP contribution in [0.2, 0.25) is 0 Å². The number of nitrogens with two attached hydrogens (primary N) is 1. The number of hydrogen-bond acceptors (Lipinski definition) is 8. The fourth-order valence-corrected chi connectivity index (χ4v) is 6.55. The number of fused-ring (bicyclic) bond motifs is 6. The number of unbranched alkanes of at least 4 members (excludes halogenated alkanes) is 10. The highest BCUT2D eigenvalue weighted by Crippen LogP contribution is 2.47. The molecule has 0 bridgehead atoms. The first-order valence-corrected chi connectivity index (χ1v) is 20.8. The third-order valence-electron chi connectivity index (χ3n) is 9.67. The van der Waals surface area contributed by atoms with Crippen molar-refractivity contribution >= 4 is 38.2 Å². The van der Waals surface area contributed by atoms with Gasteiger partial charge in [0.15, 0.2) is 41.1 Å². The predicted octanol–water partition coefficient (Wildman–Crippen LogP) is 11.4. The first-order valence-electron chi connectivity index (χ1n) is 20.8. The number of carbonyl (C=O) groups excluding carboxylic acids is 1. The highest BCUT2D eigenvalue weighted by Gasteiger charge is 2.21. The van der Waals surface area contributed by atoms with Crippen LogP contribution in [-0.2, 0) is 4.79 Å². The van der Waals surface area contributed by atoms with Crippen LogP contribution in [0.3, 0.4) is 0 Å². The summed E-state index contributed by atoms with van der Waals surface area (Å²) in [6.07, 6.45) is 15.8. The van der Waals surface area contributed by atoms with Crippen molar-refractivity contribution in [2.45, 2.75) is 131 Å². The van der Waals surface area contributed by atoms with E-state index in [9.17, 15) is 4.79 Å². The summed E-state index contributed by atoms with van der Waals surface area (Å²) in [5, 5.41) is 5.91. The van der Waals surface area contributed by atoms with Crippen molar-refractivity contribution in [3.63, 3.8) is 0 Å². The van der Waals surface area contributed by atoms with Gasteiger partial charge in [0.1, 0.15) is 0 Å². The van der Waals surface area contributed by atoms with Crippen molar-refractivity contribution in [1.82, 2.24) is 5.43 Å². The summed E-state index contributed by atoms with van der Waals surface area (Å²) in [7, 11) is 0. The molecule has 3 N–H and O–H groups in total. The van der Waals surface area contributed by atoms with Crippen LogP contribution in [-0.4, -0.2) is 45.5 Å². The summed E-state index contributed by atoms with van der Waals surface area (Å²) in [6, 6.07) is 12.5. The fraction of sp³-hybridized carbons (Fsp3) is 0.578. The molecule has 0 heterocycles. The van der Waals surface area contributed by atoms with Crippen LogP contribution in [0.4, 0.5) is 0 Å². The summed E-state index contributed by atoms with van der Waals surface area (Å²) in [5.74, 6) is 8.95. The second kappa shape index (κ2) is 23.6. The third kappa shape index (κ3) is 12.2. The van der Waals surface area contributed by atoms with E-state index in [0.717, 1.165) is 146 Å². The molecule has 298 valence electrons. The predicted molar refractivity (Wildman–Crippen MR) is 222 cm³/mol. The van der Waals surface area contributed by atoms with Gasteiger partial charge in [0.05, 0.1) is 33.0 Å². The second-order valence-electron chi connectivity index (χ2n) is 14.2. The number of carbonyl (C=O) groups is 1. The largest absolute Gasteiger partial charge is 0.490 e. The lowest BCUT2D eigenvalue weighted by atomic mass is 9.93. The first-order chi connectivity index (χ1) is 26.5. The molecule has 0 fully saturated rings. The maximum absolute atomic E-state index is 12.3. The maximum Gasteiger partial charge on any atom is 0.271 e. The van der Waals surface area contributed by atoms with Crippen molar-refractivity contribution < 1.29 is 33.2 Å². The highest BCUT2D eigenvalue weighted by molar-refractivity contribution is 6.26.